The van der Waals surface area contributed by atoms with E-state index in [2.05, 4.69) is 9.88 Å². The summed E-state index contributed by atoms with van der Waals surface area (Å²) in [5, 5.41) is 0.168. The summed E-state index contributed by atoms with van der Waals surface area (Å²) in [6.07, 6.45) is 5.69. The van der Waals surface area contributed by atoms with Crippen LogP contribution >= 0.6 is 11.6 Å². The third-order valence-electron chi connectivity index (χ3n) is 4.38. The Morgan fingerprint density at radius 3 is 2.62 bits per heavy atom. The van der Waals surface area contributed by atoms with Gasteiger partial charge in [-0.3, -0.25) is 0 Å². The number of hydrogen-bond donors (Lipinski definition) is 0. The molecule has 2 aliphatic rings. The highest BCUT2D eigenvalue weighted by molar-refractivity contribution is 7.89. The second kappa shape index (κ2) is 5.87. The molecule has 3 heterocycles. The highest BCUT2D eigenvalue weighted by Gasteiger charge is 2.38. The fraction of sp³-hybridized carbons (Fsp3) is 0.769. The van der Waals surface area contributed by atoms with Gasteiger partial charge in [-0.1, -0.05) is 11.6 Å². The average molecular weight is 333 g/mol. The molecule has 3 rings (SSSR count). The lowest BCUT2D eigenvalue weighted by Crippen LogP contribution is -2.42. The van der Waals surface area contributed by atoms with E-state index in [9.17, 15) is 8.42 Å². The first-order valence-electron chi connectivity index (χ1n) is 7.41. The van der Waals surface area contributed by atoms with Crippen LogP contribution in [0, 0.1) is 0 Å². The summed E-state index contributed by atoms with van der Waals surface area (Å²) < 4.78 is 28.7. The summed E-state index contributed by atoms with van der Waals surface area (Å²) >= 11 is 6.07. The number of halogens is 1. The highest BCUT2D eigenvalue weighted by Crippen LogP contribution is 2.29. The van der Waals surface area contributed by atoms with Crippen molar-refractivity contribution in [3.05, 3.63) is 11.5 Å². The lowest BCUT2D eigenvalue weighted by atomic mass is 10.2. The third kappa shape index (κ3) is 2.84. The van der Waals surface area contributed by atoms with E-state index >= 15 is 0 Å². The fourth-order valence-electron chi connectivity index (χ4n) is 3.25. The van der Waals surface area contributed by atoms with E-state index in [1.54, 1.807) is 11.4 Å². The lowest BCUT2D eigenvalue weighted by molar-refractivity contribution is 0.257. The second-order valence-electron chi connectivity index (χ2n) is 5.87. The van der Waals surface area contributed by atoms with Gasteiger partial charge in [0, 0.05) is 26.2 Å². The van der Waals surface area contributed by atoms with Crippen molar-refractivity contribution in [2.24, 2.45) is 7.05 Å². The number of sulfonamides is 1. The summed E-state index contributed by atoms with van der Waals surface area (Å²) in [5.74, 6) is 0. The van der Waals surface area contributed by atoms with Crippen LogP contribution in [0.25, 0.3) is 0 Å². The number of nitrogens with zero attached hydrogens (tertiary/aromatic N) is 4. The number of hydrogen-bond acceptors (Lipinski definition) is 4. The van der Waals surface area contributed by atoms with Crippen molar-refractivity contribution < 1.29 is 8.42 Å². The Morgan fingerprint density at radius 1 is 1.29 bits per heavy atom. The quantitative estimate of drug-likeness (QED) is 0.834. The Hall–Kier alpha value is -0.630. The van der Waals surface area contributed by atoms with Crippen molar-refractivity contribution >= 4 is 21.6 Å². The average Bonchev–Trinajstić information content (AvgIpc) is 3.14. The maximum Gasteiger partial charge on any atom is 0.263 e. The maximum atomic E-state index is 12.8. The van der Waals surface area contributed by atoms with Crippen LogP contribution in [0.15, 0.2) is 11.4 Å². The summed E-state index contributed by atoms with van der Waals surface area (Å²) in [5.41, 5.74) is 0. The molecule has 2 saturated heterocycles. The molecule has 0 radical (unpaired) electrons. The van der Waals surface area contributed by atoms with Gasteiger partial charge in [-0.25, -0.2) is 13.4 Å². The molecular weight excluding hydrogens is 312 g/mol. The first-order valence-corrected chi connectivity index (χ1v) is 9.23. The predicted molar refractivity (Wildman–Crippen MR) is 80.8 cm³/mol. The molecule has 1 aromatic rings. The zero-order valence-corrected chi connectivity index (χ0v) is 13.8. The van der Waals surface area contributed by atoms with Gasteiger partial charge in [-0.05, 0) is 38.8 Å². The summed E-state index contributed by atoms with van der Waals surface area (Å²) in [6, 6.07) is 0.0474. The second-order valence-corrected chi connectivity index (χ2v) is 8.03. The first-order chi connectivity index (χ1) is 10.00. The van der Waals surface area contributed by atoms with Crippen LogP contribution in [-0.4, -0.2) is 59.4 Å². The van der Waals surface area contributed by atoms with E-state index in [1.165, 1.54) is 23.7 Å². The van der Waals surface area contributed by atoms with Gasteiger partial charge < -0.3 is 9.47 Å². The predicted octanol–water partition coefficient (Wildman–Crippen LogP) is 1.32. The smallest absolute Gasteiger partial charge is 0.263 e. The minimum atomic E-state index is -3.60. The van der Waals surface area contributed by atoms with Crippen molar-refractivity contribution in [2.45, 2.75) is 36.8 Å². The summed E-state index contributed by atoms with van der Waals surface area (Å²) in [4.78, 5) is 6.35. The molecule has 0 amide bonds. The molecule has 21 heavy (non-hydrogen) atoms. The zero-order valence-electron chi connectivity index (χ0n) is 12.2. The molecule has 0 N–H and O–H groups in total. The molecule has 0 aromatic carbocycles. The van der Waals surface area contributed by atoms with E-state index in [4.69, 9.17) is 11.6 Å². The number of likely N-dealkylation sites (tertiary alicyclic amines) is 1. The van der Waals surface area contributed by atoms with Gasteiger partial charge >= 0.3 is 0 Å². The molecule has 118 valence electrons. The van der Waals surface area contributed by atoms with Gasteiger partial charge in [-0.15, -0.1) is 0 Å². The van der Waals surface area contributed by atoms with Gasteiger partial charge in [0.15, 0.2) is 0 Å². The Kier molecular flexibility index (Phi) is 4.27. The molecule has 1 atom stereocenters. The number of aromatic nitrogens is 2. The Bertz CT molecular complexity index is 610. The molecule has 0 saturated carbocycles. The van der Waals surface area contributed by atoms with Crippen LogP contribution in [0.3, 0.4) is 0 Å². The van der Waals surface area contributed by atoms with Crippen molar-refractivity contribution in [2.75, 3.05) is 26.2 Å². The number of aryl methyl sites for hydroxylation is 1. The van der Waals surface area contributed by atoms with Crippen LogP contribution in [0.1, 0.15) is 25.7 Å². The molecular formula is C13H21ClN4O2S. The van der Waals surface area contributed by atoms with E-state index in [-0.39, 0.29) is 16.2 Å². The molecule has 0 spiro atoms. The minimum Gasteiger partial charge on any atom is -0.324 e. The minimum absolute atomic E-state index is 0.0139. The topological polar surface area (TPSA) is 58.4 Å². The fourth-order valence-corrected chi connectivity index (χ4v) is 5.33. The van der Waals surface area contributed by atoms with Crippen LogP contribution in [-0.2, 0) is 17.1 Å². The molecule has 0 aliphatic carbocycles. The molecule has 0 bridgehead atoms. The van der Waals surface area contributed by atoms with Crippen molar-refractivity contribution in [3.63, 3.8) is 0 Å². The molecule has 8 heteroatoms. The molecule has 6 nitrogen and oxygen atoms in total. The molecule has 1 unspecified atom stereocenters. The Balaban J connectivity index is 1.81. The van der Waals surface area contributed by atoms with E-state index in [0.717, 1.165) is 32.5 Å². The van der Waals surface area contributed by atoms with Crippen molar-refractivity contribution in [3.8, 4) is 0 Å². The van der Waals surface area contributed by atoms with Gasteiger partial charge in [0.25, 0.3) is 10.0 Å². The normalized spacial score (nSPS) is 25.0. The molecule has 1 aromatic heterocycles. The largest absolute Gasteiger partial charge is 0.324 e. The monoisotopic (exact) mass is 332 g/mol. The first kappa shape index (κ1) is 15.3. The molecule has 2 aliphatic heterocycles. The van der Waals surface area contributed by atoms with Crippen LogP contribution < -0.4 is 0 Å². The number of rotatable bonds is 4. The van der Waals surface area contributed by atoms with Crippen LogP contribution in [0.5, 0.6) is 0 Å². The lowest BCUT2D eigenvalue weighted by Gasteiger charge is -2.27. The van der Waals surface area contributed by atoms with Gasteiger partial charge in [0.2, 0.25) is 5.03 Å². The SMILES string of the molecule is Cn1cnc(S(=O)(=O)N2CCCC2CN2CCCC2)c1Cl. The summed E-state index contributed by atoms with van der Waals surface area (Å²) in [6.45, 7) is 3.54. The Labute approximate surface area is 130 Å². The third-order valence-corrected chi connectivity index (χ3v) is 6.82. The number of imidazole rings is 1. The van der Waals surface area contributed by atoms with E-state index < -0.39 is 10.0 Å². The van der Waals surface area contributed by atoms with Gasteiger partial charge in [0.05, 0.1) is 6.33 Å². The van der Waals surface area contributed by atoms with Crippen LogP contribution in [0.2, 0.25) is 5.15 Å². The van der Waals surface area contributed by atoms with Crippen molar-refractivity contribution in [1.82, 2.24) is 18.8 Å². The van der Waals surface area contributed by atoms with Crippen LogP contribution in [0.4, 0.5) is 0 Å². The molecule has 2 fully saturated rings. The standard InChI is InChI=1S/C13H21ClN4O2S/c1-16-10-15-13(12(16)14)21(19,20)18-8-4-5-11(18)9-17-6-2-3-7-17/h10-11H,2-9H2,1H3. The highest BCUT2D eigenvalue weighted by atomic mass is 35.5. The van der Waals surface area contributed by atoms with E-state index in [1.807, 2.05) is 0 Å². The summed E-state index contributed by atoms with van der Waals surface area (Å²) in [7, 11) is -1.90. The van der Waals surface area contributed by atoms with Gasteiger partial charge in [-0.2, -0.15) is 4.31 Å². The maximum absolute atomic E-state index is 12.8. The van der Waals surface area contributed by atoms with E-state index in [0.29, 0.717) is 6.54 Å². The Morgan fingerprint density at radius 2 is 2.00 bits per heavy atom. The zero-order chi connectivity index (χ0) is 15.0. The van der Waals surface area contributed by atoms with Crippen molar-refractivity contribution in [1.29, 1.82) is 0 Å². The van der Waals surface area contributed by atoms with Gasteiger partial charge in [0.1, 0.15) is 5.15 Å².